The molecule has 1 fully saturated rings. The van der Waals surface area contributed by atoms with Gasteiger partial charge < -0.3 is 0 Å². The molecule has 132 valence electrons. The molecule has 1 aliphatic carbocycles. The molecule has 4 rings (SSSR count). The van der Waals surface area contributed by atoms with Crippen LogP contribution >= 0.6 is 0 Å². The number of halogens is 1. The first-order valence-corrected chi connectivity index (χ1v) is 9.33. The van der Waals surface area contributed by atoms with Gasteiger partial charge in [-0.25, -0.2) is 4.39 Å². The van der Waals surface area contributed by atoms with Gasteiger partial charge in [0, 0.05) is 17.7 Å². The Morgan fingerprint density at radius 3 is 2.50 bits per heavy atom. The molecule has 0 spiro atoms. The third kappa shape index (κ3) is 3.16. The van der Waals surface area contributed by atoms with Gasteiger partial charge in [-0.2, -0.15) is 0 Å². The fraction of sp³-hybridized carbons (Fsp3) is 0.292. The Balaban J connectivity index is 1.47. The van der Waals surface area contributed by atoms with Crippen molar-refractivity contribution in [1.29, 1.82) is 0 Å². The Bertz CT molecular complexity index is 956. The quantitative estimate of drug-likeness (QED) is 0.552. The van der Waals surface area contributed by atoms with Crippen molar-refractivity contribution in [3.05, 3.63) is 83.2 Å². The van der Waals surface area contributed by atoms with E-state index >= 15 is 0 Å². The van der Waals surface area contributed by atoms with E-state index in [0.717, 1.165) is 11.8 Å². The zero-order valence-corrected chi connectivity index (χ0v) is 15.2. The van der Waals surface area contributed by atoms with Crippen molar-refractivity contribution in [2.24, 2.45) is 5.92 Å². The summed E-state index contributed by atoms with van der Waals surface area (Å²) in [6.45, 7) is 4.35. The summed E-state index contributed by atoms with van der Waals surface area (Å²) in [5, 5.41) is 1.46. The van der Waals surface area contributed by atoms with Crippen LogP contribution in [0.5, 0.6) is 0 Å². The van der Waals surface area contributed by atoms with Crippen molar-refractivity contribution in [2.75, 3.05) is 0 Å². The Morgan fingerprint density at radius 1 is 1.04 bits per heavy atom. The summed E-state index contributed by atoms with van der Waals surface area (Å²) >= 11 is 0. The lowest BCUT2D eigenvalue weighted by molar-refractivity contribution is -0.119. The number of hydrogen-bond acceptors (Lipinski definition) is 1. The molecule has 2 atom stereocenters. The number of benzene rings is 3. The lowest BCUT2D eigenvalue weighted by Gasteiger charge is -2.08. The molecule has 0 N–H and O–H groups in total. The highest BCUT2D eigenvalue weighted by molar-refractivity contribution is 5.89. The second-order valence-corrected chi connectivity index (χ2v) is 7.67. The maximum absolute atomic E-state index is 14.7. The Morgan fingerprint density at radius 2 is 1.77 bits per heavy atom. The first kappa shape index (κ1) is 17.0. The molecule has 0 heterocycles. The largest absolute Gasteiger partial charge is 0.299 e. The Kier molecular flexibility index (Phi) is 4.36. The summed E-state index contributed by atoms with van der Waals surface area (Å²) < 4.78 is 14.7. The van der Waals surface area contributed by atoms with Gasteiger partial charge in [0.05, 0.1) is 0 Å². The molecular weight excluding hydrogens is 323 g/mol. The van der Waals surface area contributed by atoms with E-state index in [1.54, 1.807) is 12.1 Å². The molecule has 0 unspecified atom stereocenters. The van der Waals surface area contributed by atoms with Gasteiger partial charge in [0.2, 0.25) is 0 Å². The zero-order chi connectivity index (χ0) is 18.3. The predicted molar refractivity (Wildman–Crippen MR) is 104 cm³/mol. The molecule has 0 bridgehead atoms. The van der Waals surface area contributed by atoms with Crippen molar-refractivity contribution >= 4 is 16.6 Å². The van der Waals surface area contributed by atoms with Crippen LogP contribution in [-0.4, -0.2) is 5.78 Å². The summed E-state index contributed by atoms with van der Waals surface area (Å²) in [5.41, 5.74) is 3.05. The Labute approximate surface area is 153 Å². The summed E-state index contributed by atoms with van der Waals surface area (Å²) in [6, 6.07) is 19.6. The van der Waals surface area contributed by atoms with Crippen LogP contribution in [0.4, 0.5) is 4.39 Å². The van der Waals surface area contributed by atoms with Gasteiger partial charge in [-0.3, -0.25) is 4.79 Å². The van der Waals surface area contributed by atoms with Gasteiger partial charge in [-0.05, 0) is 40.3 Å². The van der Waals surface area contributed by atoms with Gasteiger partial charge in [0.15, 0.2) is 0 Å². The molecule has 0 aromatic heterocycles. The van der Waals surface area contributed by atoms with Crippen LogP contribution in [0, 0.1) is 11.7 Å². The number of carbonyl (C=O) groups is 1. The van der Waals surface area contributed by atoms with Crippen LogP contribution in [0.2, 0.25) is 0 Å². The third-order valence-corrected chi connectivity index (χ3v) is 5.54. The molecule has 0 saturated heterocycles. The van der Waals surface area contributed by atoms with Gasteiger partial charge >= 0.3 is 0 Å². The first-order valence-electron chi connectivity index (χ1n) is 9.33. The normalized spacial score (nSPS) is 19.1. The second kappa shape index (κ2) is 6.68. The van der Waals surface area contributed by atoms with Crippen LogP contribution in [0.15, 0.2) is 60.7 Å². The molecule has 1 nitrogen and oxygen atoms in total. The Hall–Kier alpha value is -2.48. The van der Waals surface area contributed by atoms with E-state index < -0.39 is 0 Å². The number of fused-ring (bicyclic) bond motifs is 1. The molecule has 1 aliphatic rings. The van der Waals surface area contributed by atoms with Crippen LogP contribution in [0.3, 0.4) is 0 Å². The average Bonchev–Trinajstić information content (AvgIpc) is 3.45. The van der Waals surface area contributed by atoms with Crippen molar-refractivity contribution in [3.63, 3.8) is 0 Å². The zero-order valence-electron chi connectivity index (χ0n) is 15.2. The smallest absolute Gasteiger partial charge is 0.141 e. The summed E-state index contributed by atoms with van der Waals surface area (Å²) in [5.74, 6) is 0.738. The molecule has 3 aromatic carbocycles. The lowest BCUT2D eigenvalue weighted by Crippen LogP contribution is -2.08. The summed E-state index contributed by atoms with van der Waals surface area (Å²) in [6.07, 6.45) is 1.07. The highest BCUT2D eigenvalue weighted by Crippen LogP contribution is 2.48. The molecule has 3 aromatic rings. The molecule has 0 aliphatic heterocycles. The molecule has 26 heavy (non-hydrogen) atoms. The first-order chi connectivity index (χ1) is 12.5. The number of rotatable bonds is 5. The monoisotopic (exact) mass is 346 g/mol. The summed E-state index contributed by atoms with van der Waals surface area (Å²) in [7, 11) is 0. The van der Waals surface area contributed by atoms with E-state index in [-0.39, 0.29) is 23.9 Å². The number of Topliss-reactive ketones (excluding diaryl/α,β-unsaturated/α-hetero) is 1. The number of ketones is 1. The fourth-order valence-corrected chi connectivity index (χ4v) is 3.78. The van der Waals surface area contributed by atoms with Gasteiger partial charge in [0.1, 0.15) is 11.6 Å². The maximum Gasteiger partial charge on any atom is 0.141 e. The fourth-order valence-electron chi connectivity index (χ4n) is 3.78. The van der Waals surface area contributed by atoms with E-state index in [0.29, 0.717) is 22.8 Å². The topological polar surface area (TPSA) is 17.1 Å². The van der Waals surface area contributed by atoms with Gasteiger partial charge in [-0.15, -0.1) is 0 Å². The molecule has 0 amide bonds. The molecular formula is C24H23FO. The van der Waals surface area contributed by atoms with Crippen LogP contribution in [0.1, 0.15) is 48.8 Å². The summed E-state index contributed by atoms with van der Waals surface area (Å²) in [4.78, 5) is 12.7. The van der Waals surface area contributed by atoms with Crippen molar-refractivity contribution in [3.8, 4) is 0 Å². The molecule has 2 heteroatoms. The minimum atomic E-state index is -0.255. The number of carbonyl (C=O) groups excluding carboxylic acids is 1. The van der Waals surface area contributed by atoms with E-state index in [4.69, 9.17) is 0 Å². The van der Waals surface area contributed by atoms with E-state index in [1.807, 2.05) is 24.3 Å². The highest BCUT2D eigenvalue weighted by atomic mass is 19.1. The standard InChI is InChI=1S/C24H23FO/c1-15(2)16-7-9-18(10-8-16)21-14-22(21)23(26)13-19-12-11-17-5-3-4-6-20(17)24(19)25/h3-12,15,21-22H,13-14H2,1-2H3/t21-,22+/m0/s1. The van der Waals surface area contributed by atoms with E-state index in [9.17, 15) is 9.18 Å². The minimum Gasteiger partial charge on any atom is -0.299 e. The van der Waals surface area contributed by atoms with E-state index in [1.165, 1.54) is 11.1 Å². The molecule has 1 saturated carbocycles. The number of hydrogen-bond donors (Lipinski definition) is 0. The average molecular weight is 346 g/mol. The van der Waals surface area contributed by atoms with Crippen molar-refractivity contribution in [2.45, 2.75) is 38.5 Å². The van der Waals surface area contributed by atoms with Crippen LogP contribution < -0.4 is 0 Å². The molecule has 0 radical (unpaired) electrons. The van der Waals surface area contributed by atoms with Gasteiger partial charge in [-0.1, -0.05) is 74.5 Å². The van der Waals surface area contributed by atoms with Gasteiger partial charge in [0.25, 0.3) is 0 Å². The SMILES string of the molecule is CC(C)c1ccc([C@@H]2C[C@H]2C(=O)Cc2ccc3ccccc3c2F)cc1. The van der Waals surface area contributed by atoms with Crippen molar-refractivity contribution < 1.29 is 9.18 Å². The second-order valence-electron chi connectivity index (χ2n) is 7.67. The van der Waals surface area contributed by atoms with E-state index in [2.05, 4.69) is 38.1 Å². The van der Waals surface area contributed by atoms with Crippen molar-refractivity contribution in [1.82, 2.24) is 0 Å². The highest BCUT2D eigenvalue weighted by Gasteiger charge is 2.43. The minimum absolute atomic E-state index is 0.0331. The maximum atomic E-state index is 14.7. The van der Waals surface area contributed by atoms with Crippen LogP contribution in [-0.2, 0) is 11.2 Å². The predicted octanol–water partition coefficient (Wildman–Crippen LogP) is 6.02. The lowest BCUT2D eigenvalue weighted by atomic mass is 9.97. The third-order valence-electron chi connectivity index (χ3n) is 5.54. The van der Waals surface area contributed by atoms with Crippen LogP contribution in [0.25, 0.3) is 10.8 Å².